The summed E-state index contributed by atoms with van der Waals surface area (Å²) in [6.07, 6.45) is -0.354. The second-order valence-electron chi connectivity index (χ2n) is 12.2. The third kappa shape index (κ3) is 6.78. The number of rotatable bonds is 9. The van der Waals surface area contributed by atoms with Crippen LogP contribution in [0.3, 0.4) is 0 Å². The molecule has 48 heavy (non-hydrogen) atoms. The molecule has 2 atom stereocenters. The van der Waals surface area contributed by atoms with E-state index in [9.17, 15) is 30.8 Å². The van der Waals surface area contributed by atoms with E-state index in [2.05, 4.69) is 14.8 Å². The SMILES string of the molecule is NC(=O)[C@@H]1CCC[N+]1(Cc1cc(-c2ccc(C(F)(F)F)cc2)nc(N2CCN(Cc3ccncc3)CC2)c1)S(=O)(=O)c1ccc(F)cc1. The quantitative estimate of drug-likeness (QED) is 0.196. The van der Waals surface area contributed by atoms with Crippen molar-refractivity contribution in [3.05, 3.63) is 108 Å². The van der Waals surface area contributed by atoms with Crippen molar-refractivity contribution >= 4 is 21.7 Å². The molecule has 0 bridgehead atoms. The van der Waals surface area contributed by atoms with Gasteiger partial charge in [-0.3, -0.25) is 14.7 Å². The number of nitrogens with zero attached hydrogens (tertiary/aromatic N) is 5. The highest BCUT2D eigenvalue weighted by atomic mass is 32.2. The van der Waals surface area contributed by atoms with Gasteiger partial charge in [0.15, 0.2) is 6.04 Å². The molecular formula is C34H35F4N6O3S+. The highest BCUT2D eigenvalue weighted by Gasteiger charge is 2.55. The molecule has 0 aliphatic carbocycles. The second kappa shape index (κ2) is 13.2. The molecule has 2 aliphatic rings. The minimum Gasteiger partial charge on any atom is -0.364 e. The number of benzene rings is 2. The van der Waals surface area contributed by atoms with Crippen molar-refractivity contribution in [2.45, 2.75) is 43.0 Å². The van der Waals surface area contributed by atoms with Crippen LogP contribution in [0.4, 0.5) is 23.4 Å². The van der Waals surface area contributed by atoms with Gasteiger partial charge in [-0.1, -0.05) is 12.1 Å². The summed E-state index contributed by atoms with van der Waals surface area (Å²) in [4.78, 5) is 25.9. The van der Waals surface area contributed by atoms with Gasteiger partial charge in [0.25, 0.3) is 5.91 Å². The maximum atomic E-state index is 14.3. The van der Waals surface area contributed by atoms with Gasteiger partial charge >= 0.3 is 16.2 Å². The fourth-order valence-electron chi connectivity index (χ4n) is 6.69. The Hall–Kier alpha value is -4.40. The van der Waals surface area contributed by atoms with E-state index in [1.807, 2.05) is 12.1 Å². The molecule has 2 aromatic heterocycles. The Labute approximate surface area is 276 Å². The maximum absolute atomic E-state index is 14.3. The number of likely N-dealkylation sites (tertiary alicyclic amines) is 1. The van der Waals surface area contributed by atoms with Crippen molar-refractivity contribution in [2.75, 3.05) is 37.6 Å². The van der Waals surface area contributed by atoms with E-state index in [-0.39, 0.29) is 24.4 Å². The number of quaternary nitrogens is 1. The summed E-state index contributed by atoms with van der Waals surface area (Å²) in [5, 5.41) is 0. The molecule has 1 amide bonds. The van der Waals surface area contributed by atoms with Crippen molar-refractivity contribution in [3.8, 4) is 11.3 Å². The lowest BCUT2D eigenvalue weighted by Gasteiger charge is -2.38. The van der Waals surface area contributed by atoms with Gasteiger partial charge in [-0.05, 0) is 66.2 Å². The van der Waals surface area contributed by atoms with Gasteiger partial charge in [-0.15, -0.1) is 0 Å². The first-order valence-corrected chi connectivity index (χ1v) is 17.0. The van der Waals surface area contributed by atoms with E-state index >= 15 is 0 Å². The minimum absolute atomic E-state index is 0.0915. The summed E-state index contributed by atoms with van der Waals surface area (Å²) in [6.45, 7) is 3.32. The zero-order valence-corrected chi connectivity index (χ0v) is 26.8. The number of anilines is 1. The molecule has 0 radical (unpaired) electrons. The zero-order valence-electron chi connectivity index (χ0n) is 26.0. The lowest BCUT2D eigenvalue weighted by atomic mass is 10.1. The van der Waals surface area contributed by atoms with Crippen LogP contribution in [0, 0.1) is 5.82 Å². The molecule has 2 aliphatic heterocycles. The second-order valence-corrected chi connectivity index (χ2v) is 14.4. The van der Waals surface area contributed by atoms with Gasteiger partial charge in [0.2, 0.25) is 0 Å². The van der Waals surface area contributed by atoms with Gasteiger partial charge < -0.3 is 10.6 Å². The van der Waals surface area contributed by atoms with Gasteiger partial charge in [0, 0.05) is 69.1 Å². The number of piperazine rings is 1. The predicted octanol–water partition coefficient (Wildman–Crippen LogP) is 4.98. The van der Waals surface area contributed by atoms with Crippen molar-refractivity contribution in [2.24, 2.45) is 5.73 Å². The van der Waals surface area contributed by atoms with Crippen LogP contribution in [0.15, 0.2) is 90.1 Å². The number of hydrogen-bond acceptors (Lipinski definition) is 7. The molecule has 2 aromatic carbocycles. The first-order chi connectivity index (χ1) is 22.9. The van der Waals surface area contributed by atoms with Crippen molar-refractivity contribution < 1.29 is 34.7 Å². The molecule has 2 N–H and O–H groups in total. The fraction of sp³-hybridized carbons (Fsp3) is 0.324. The molecule has 0 saturated carbocycles. The summed E-state index contributed by atoms with van der Waals surface area (Å²) >= 11 is 0. The van der Waals surface area contributed by atoms with Crippen LogP contribution in [0.25, 0.3) is 11.3 Å². The first kappa shape index (κ1) is 33.5. The molecule has 4 heterocycles. The van der Waals surface area contributed by atoms with Gasteiger partial charge in [-0.2, -0.15) is 21.6 Å². The molecule has 0 spiro atoms. The number of halogens is 4. The number of amides is 1. The number of pyridine rings is 2. The summed E-state index contributed by atoms with van der Waals surface area (Å²) < 4.78 is 81.9. The lowest BCUT2D eigenvalue weighted by molar-refractivity contribution is -0.823. The Morgan fingerprint density at radius 2 is 1.58 bits per heavy atom. The third-order valence-corrected chi connectivity index (χ3v) is 11.6. The summed E-state index contributed by atoms with van der Waals surface area (Å²) in [5.41, 5.74) is 7.45. The van der Waals surface area contributed by atoms with Gasteiger partial charge in [0.1, 0.15) is 23.1 Å². The van der Waals surface area contributed by atoms with E-state index in [1.165, 1.54) is 24.3 Å². The van der Waals surface area contributed by atoms with Crippen LogP contribution in [-0.4, -0.2) is 71.8 Å². The number of carbonyl (C=O) groups is 1. The molecule has 9 nitrogen and oxygen atoms in total. The molecule has 252 valence electrons. The van der Waals surface area contributed by atoms with E-state index in [0.717, 1.165) is 36.4 Å². The fourth-order valence-corrected chi connectivity index (χ4v) is 8.82. The largest absolute Gasteiger partial charge is 0.416 e. The third-order valence-electron chi connectivity index (χ3n) is 9.18. The van der Waals surface area contributed by atoms with Crippen LogP contribution < -0.4 is 10.6 Å². The van der Waals surface area contributed by atoms with Crippen LogP contribution in [0.5, 0.6) is 0 Å². The highest BCUT2D eigenvalue weighted by molar-refractivity contribution is 7.86. The first-order valence-electron chi connectivity index (χ1n) is 15.6. The summed E-state index contributed by atoms with van der Waals surface area (Å²) in [7, 11) is -4.28. The van der Waals surface area contributed by atoms with Gasteiger partial charge in [-0.25, -0.2) is 13.3 Å². The summed E-state index contributed by atoms with van der Waals surface area (Å²) in [5.74, 6) is -0.826. The molecule has 4 aromatic rings. The topological polar surface area (TPSA) is 109 Å². The monoisotopic (exact) mass is 683 g/mol. The number of sulfonamides is 1. The molecule has 14 heteroatoms. The maximum Gasteiger partial charge on any atom is 0.416 e. The van der Waals surface area contributed by atoms with Crippen LogP contribution in [-0.2, 0) is 34.1 Å². The number of alkyl halides is 3. The highest BCUT2D eigenvalue weighted by Crippen LogP contribution is 2.39. The van der Waals surface area contributed by atoms with E-state index in [0.29, 0.717) is 55.2 Å². The summed E-state index contributed by atoms with van der Waals surface area (Å²) in [6, 6.07) is 15.4. The van der Waals surface area contributed by atoms with E-state index in [1.54, 1.807) is 24.5 Å². The molecule has 1 unspecified atom stereocenters. The van der Waals surface area contributed by atoms with Crippen molar-refractivity contribution in [1.82, 2.24) is 14.9 Å². The van der Waals surface area contributed by atoms with E-state index in [4.69, 9.17) is 10.7 Å². The number of primary amides is 1. The average molecular weight is 684 g/mol. The van der Waals surface area contributed by atoms with Crippen LogP contribution in [0.2, 0.25) is 0 Å². The normalized spacial score (nSPS) is 20.6. The lowest BCUT2D eigenvalue weighted by Crippen LogP contribution is -2.59. The van der Waals surface area contributed by atoms with E-state index < -0.39 is 43.4 Å². The minimum atomic E-state index is -4.51. The van der Waals surface area contributed by atoms with Crippen LogP contribution >= 0.6 is 0 Å². The Kier molecular flexibility index (Phi) is 9.25. The van der Waals surface area contributed by atoms with Crippen molar-refractivity contribution in [1.29, 1.82) is 0 Å². The Bertz CT molecular complexity index is 1870. The average Bonchev–Trinajstić information content (AvgIpc) is 3.51. The number of carbonyl (C=O) groups excluding carboxylic acids is 1. The molecule has 2 saturated heterocycles. The number of nitrogens with two attached hydrogens (primary N) is 1. The van der Waals surface area contributed by atoms with Crippen LogP contribution in [0.1, 0.15) is 29.5 Å². The van der Waals surface area contributed by atoms with Crippen molar-refractivity contribution in [3.63, 3.8) is 0 Å². The Balaban J connectivity index is 1.38. The number of aromatic nitrogens is 2. The van der Waals surface area contributed by atoms with Gasteiger partial charge in [0.05, 0.1) is 17.8 Å². The Morgan fingerprint density at radius 1 is 0.917 bits per heavy atom. The Morgan fingerprint density at radius 3 is 2.21 bits per heavy atom. The predicted molar refractivity (Wildman–Crippen MR) is 171 cm³/mol. The smallest absolute Gasteiger partial charge is 0.364 e. The molecule has 2 fully saturated rings. The standard InChI is InChI=1S/C34H34F4N6O3S/c35-28-7-9-29(10-8-28)48(46,47)44(19-1-2-31(44)33(39)45)23-25-20-30(26-3-5-27(6-4-26)34(36,37)38)41-32(21-25)43-17-15-42(16-18-43)22-24-11-13-40-14-12-24/h3-14,20-21,31H,1-2,15-19,22-23H2,(H-,39,45)/p+1/t31-,44?/m0/s1. The zero-order chi connectivity index (χ0) is 34.1. The molecular weight excluding hydrogens is 648 g/mol. The molecule has 6 rings (SSSR count). The number of hydrogen-bond donors (Lipinski definition) is 1.